The third-order valence-corrected chi connectivity index (χ3v) is 5.01. The lowest BCUT2D eigenvalue weighted by Crippen LogP contribution is -2.40. The van der Waals surface area contributed by atoms with Crippen LogP contribution in [-0.4, -0.2) is 29.2 Å². The number of hydrogen-bond acceptors (Lipinski definition) is 6. The van der Waals surface area contributed by atoms with Crippen molar-refractivity contribution in [2.24, 2.45) is 0 Å². The minimum Gasteiger partial charge on any atom is -0.489 e. The molecule has 28 heavy (non-hydrogen) atoms. The van der Waals surface area contributed by atoms with E-state index in [1.54, 1.807) is 31.2 Å². The number of carbonyl (C=O) groups is 2. The molecule has 1 heterocycles. The number of nitrogens with zero attached hydrogens (tertiary/aromatic N) is 1. The van der Waals surface area contributed by atoms with Gasteiger partial charge < -0.3 is 19.3 Å². The molecule has 1 unspecified atom stereocenters. The van der Waals surface area contributed by atoms with Crippen LogP contribution in [0.25, 0.3) is 0 Å². The van der Waals surface area contributed by atoms with E-state index in [1.807, 2.05) is 13.8 Å². The molecule has 0 radical (unpaired) electrons. The summed E-state index contributed by atoms with van der Waals surface area (Å²) in [6.07, 6.45) is 3.40. The Morgan fingerprint density at radius 1 is 1.21 bits per heavy atom. The maximum atomic E-state index is 12.3. The molecule has 3 rings (SSSR count). The Morgan fingerprint density at radius 3 is 2.50 bits per heavy atom. The van der Waals surface area contributed by atoms with Crippen LogP contribution in [0.5, 0.6) is 5.75 Å². The molecule has 1 aromatic carbocycles. The van der Waals surface area contributed by atoms with E-state index in [-0.39, 0.29) is 11.9 Å². The van der Waals surface area contributed by atoms with Gasteiger partial charge in [0.15, 0.2) is 6.10 Å². The molecule has 0 spiro atoms. The van der Waals surface area contributed by atoms with E-state index in [4.69, 9.17) is 14.0 Å². The van der Waals surface area contributed by atoms with E-state index >= 15 is 0 Å². The number of aromatic nitrogens is 1. The lowest BCUT2D eigenvalue weighted by Gasteiger charge is -2.17. The van der Waals surface area contributed by atoms with Crippen molar-refractivity contribution < 1.29 is 23.6 Å². The molecule has 1 atom stereocenters. The number of amides is 1. The van der Waals surface area contributed by atoms with E-state index in [0.717, 1.165) is 42.7 Å². The Morgan fingerprint density at radius 2 is 1.89 bits per heavy atom. The first-order chi connectivity index (χ1) is 13.4. The molecule has 7 heteroatoms. The average molecular weight is 386 g/mol. The Hall–Kier alpha value is -2.83. The topological polar surface area (TPSA) is 90.7 Å². The fourth-order valence-corrected chi connectivity index (χ4v) is 3.22. The second-order valence-electron chi connectivity index (χ2n) is 7.15. The van der Waals surface area contributed by atoms with Gasteiger partial charge in [-0.15, -0.1) is 0 Å². The zero-order valence-corrected chi connectivity index (χ0v) is 16.5. The quantitative estimate of drug-likeness (QED) is 0.733. The first-order valence-electron chi connectivity index (χ1n) is 9.60. The first kappa shape index (κ1) is 19.9. The van der Waals surface area contributed by atoms with Gasteiger partial charge in [-0.3, -0.25) is 4.79 Å². The largest absolute Gasteiger partial charge is 0.489 e. The molecule has 1 aliphatic rings. The molecule has 1 fully saturated rings. The lowest BCUT2D eigenvalue weighted by molar-refractivity contribution is -0.129. The highest BCUT2D eigenvalue weighted by Crippen LogP contribution is 2.19. The molecule has 1 aliphatic carbocycles. The second-order valence-corrected chi connectivity index (χ2v) is 7.15. The smallest absolute Gasteiger partial charge is 0.338 e. The maximum Gasteiger partial charge on any atom is 0.338 e. The van der Waals surface area contributed by atoms with Gasteiger partial charge in [-0.05, 0) is 57.9 Å². The summed E-state index contributed by atoms with van der Waals surface area (Å²) < 4.78 is 16.1. The molecule has 0 bridgehead atoms. The molecule has 0 aliphatic heterocycles. The third-order valence-electron chi connectivity index (χ3n) is 5.01. The van der Waals surface area contributed by atoms with Crippen LogP contribution in [0.2, 0.25) is 0 Å². The highest BCUT2D eigenvalue weighted by molar-refractivity contribution is 5.92. The van der Waals surface area contributed by atoms with Crippen LogP contribution in [0.15, 0.2) is 28.8 Å². The maximum absolute atomic E-state index is 12.3. The van der Waals surface area contributed by atoms with Crippen LogP contribution in [0.4, 0.5) is 0 Å². The Labute approximate surface area is 164 Å². The van der Waals surface area contributed by atoms with Crippen molar-refractivity contribution in [1.29, 1.82) is 0 Å². The molecule has 0 saturated heterocycles. The SMILES string of the molecule is Cc1noc(C)c1COc1ccc(C(=O)OC(C)C(=O)NC2CCCC2)cc1. The number of ether oxygens (including phenoxy) is 2. The number of carbonyl (C=O) groups excluding carboxylic acids is 2. The summed E-state index contributed by atoms with van der Waals surface area (Å²) >= 11 is 0. The van der Waals surface area contributed by atoms with Crippen molar-refractivity contribution in [3.05, 3.63) is 46.8 Å². The number of nitrogens with one attached hydrogen (secondary N) is 1. The predicted molar refractivity (Wildman–Crippen MR) is 102 cm³/mol. The average Bonchev–Trinajstić information content (AvgIpc) is 3.30. The van der Waals surface area contributed by atoms with Crippen molar-refractivity contribution in [1.82, 2.24) is 10.5 Å². The number of hydrogen-bond donors (Lipinski definition) is 1. The first-order valence-corrected chi connectivity index (χ1v) is 9.60. The van der Waals surface area contributed by atoms with Gasteiger partial charge in [0.05, 0.1) is 16.8 Å². The number of aryl methyl sites for hydroxylation is 2. The molecule has 1 saturated carbocycles. The summed E-state index contributed by atoms with van der Waals surface area (Å²) in [5.74, 6) is 0.553. The van der Waals surface area contributed by atoms with Crippen molar-refractivity contribution in [2.45, 2.75) is 65.2 Å². The van der Waals surface area contributed by atoms with Gasteiger partial charge in [-0.25, -0.2) is 4.79 Å². The Balaban J connectivity index is 1.50. The molecule has 2 aromatic rings. The summed E-state index contributed by atoms with van der Waals surface area (Å²) in [5, 5.41) is 6.83. The highest BCUT2D eigenvalue weighted by atomic mass is 16.5. The van der Waals surface area contributed by atoms with Gasteiger partial charge in [-0.2, -0.15) is 0 Å². The number of rotatable bonds is 7. The van der Waals surface area contributed by atoms with Crippen LogP contribution in [0.3, 0.4) is 0 Å². The summed E-state index contributed by atoms with van der Waals surface area (Å²) in [4.78, 5) is 24.4. The fourth-order valence-electron chi connectivity index (χ4n) is 3.22. The Kier molecular flexibility index (Phi) is 6.34. The Bertz CT molecular complexity index is 802. The van der Waals surface area contributed by atoms with Crippen LogP contribution in [-0.2, 0) is 16.1 Å². The summed E-state index contributed by atoms with van der Waals surface area (Å²) in [6.45, 7) is 5.62. The molecule has 150 valence electrons. The molecule has 1 N–H and O–H groups in total. The van der Waals surface area contributed by atoms with Crippen molar-refractivity contribution in [3.8, 4) is 5.75 Å². The summed E-state index contributed by atoms with van der Waals surface area (Å²) in [6, 6.07) is 6.82. The number of benzene rings is 1. The van der Waals surface area contributed by atoms with Gasteiger partial charge >= 0.3 is 5.97 Å². The fraction of sp³-hybridized carbons (Fsp3) is 0.476. The predicted octanol–water partition coefficient (Wildman–Crippen LogP) is 3.47. The van der Waals surface area contributed by atoms with Crippen molar-refractivity contribution in [2.75, 3.05) is 0 Å². The van der Waals surface area contributed by atoms with Gasteiger partial charge in [-0.1, -0.05) is 18.0 Å². The zero-order valence-electron chi connectivity index (χ0n) is 16.5. The van der Waals surface area contributed by atoms with E-state index < -0.39 is 12.1 Å². The van der Waals surface area contributed by atoms with E-state index in [9.17, 15) is 9.59 Å². The molecule has 1 aromatic heterocycles. The van der Waals surface area contributed by atoms with Crippen molar-refractivity contribution in [3.63, 3.8) is 0 Å². The van der Waals surface area contributed by atoms with Gasteiger partial charge in [0, 0.05) is 6.04 Å². The molecular weight excluding hydrogens is 360 g/mol. The zero-order chi connectivity index (χ0) is 20.1. The summed E-state index contributed by atoms with van der Waals surface area (Å²) in [7, 11) is 0. The molecule has 7 nitrogen and oxygen atoms in total. The van der Waals surface area contributed by atoms with E-state index in [1.165, 1.54) is 0 Å². The second kappa shape index (κ2) is 8.91. The van der Waals surface area contributed by atoms with Crippen LogP contribution in [0.1, 0.15) is 60.0 Å². The normalized spacial score (nSPS) is 15.2. The van der Waals surface area contributed by atoms with E-state index in [2.05, 4.69) is 10.5 Å². The van der Waals surface area contributed by atoms with E-state index in [0.29, 0.717) is 17.9 Å². The van der Waals surface area contributed by atoms with Crippen LogP contribution < -0.4 is 10.1 Å². The summed E-state index contributed by atoms with van der Waals surface area (Å²) in [5.41, 5.74) is 2.07. The van der Waals surface area contributed by atoms with Gasteiger partial charge in [0.2, 0.25) is 0 Å². The monoisotopic (exact) mass is 386 g/mol. The van der Waals surface area contributed by atoms with Crippen molar-refractivity contribution >= 4 is 11.9 Å². The molecular formula is C21H26N2O5. The third kappa shape index (κ3) is 4.91. The standard InChI is InChI=1S/C21H26N2O5/c1-13-19(14(2)28-23-13)12-26-18-10-8-16(9-11-18)21(25)27-15(3)20(24)22-17-6-4-5-7-17/h8-11,15,17H,4-7,12H2,1-3H3,(H,22,24). The minimum absolute atomic E-state index is 0.197. The van der Waals surface area contributed by atoms with Gasteiger partial charge in [0.1, 0.15) is 18.1 Å². The molecule has 1 amide bonds. The number of esters is 1. The van der Waals surface area contributed by atoms with Crippen LogP contribution >= 0.6 is 0 Å². The highest BCUT2D eigenvalue weighted by Gasteiger charge is 2.23. The minimum atomic E-state index is -0.830. The van der Waals surface area contributed by atoms with Crippen LogP contribution in [0, 0.1) is 13.8 Å². The lowest BCUT2D eigenvalue weighted by atomic mass is 10.2. The van der Waals surface area contributed by atoms with Gasteiger partial charge in [0.25, 0.3) is 5.91 Å².